The third kappa shape index (κ3) is 7.87. The van der Waals surface area contributed by atoms with Gasteiger partial charge in [0.2, 0.25) is 5.91 Å². The summed E-state index contributed by atoms with van der Waals surface area (Å²) >= 11 is 5.97. The number of carbonyl (C=O) groups is 2. The molecule has 0 heterocycles. The number of nitrogens with zero attached hydrogens (tertiary/aromatic N) is 1. The predicted octanol–water partition coefficient (Wildman–Crippen LogP) is 5.43. The van der Waals surface area contributed by atoms with Crippen LogP contribution in [0.25, 0.3) is 0 Å². The first-order valence-corrected chi connectivity index (χ1v) is 10.6. The molecule has 0 saturated carbocycles. The minimum Gasteiger partial charge on any atom is -0.325 e. The van der Waals surface area contributed by atoms with Crippen LogP contribution < -0.4 is 10.6 Å². The lowest BCUT2D eigenvalue weighted by Gasteiger charge is -2.17. The van der Waals surface area contributed by atoms with Gasteiger partial charge in [-0.05, 0) is 62.8 Å². The Labute approximate surface area is 178 Å². The van der Waals surface area contributed by atoms with Crippen molar-refractivity contribution >= 4 is 34.8 Å². The van der Waals surface area contributed by atoms with Crippen LogP contribution in [0, 0.1) is 0 Å². The Morgan fingerprint density at radius 2 is 1.69 bits per heavy atom. The fourth-order valence-electron chi connectivity index (χ4n) is 3.11. The predicted molar refractivity (Wildman–Crippen MR) is 121 cm³/mol. The van der Waals surface area contributed by atoms with E-state index < -0.39 is 0 Å². The molecule has 2 N–H and O–H groups in total. The average molecular weight is 416 g/mol. The molecule has 0 aliphatic rings. The summed E-state index contributed by atoms with van der Waals surface area (Å²) in [5.74, 6) is -0.363. The number of halogens is 1. The number of unbranched alkanes of at least 4 members (excludes halogenated alkanes) is 2. The van der Waals surface area contributed by atoms with Gasteiger partial charge in [-0.15, -0.1) is 0 Å². The minimum absolute atomic E-state index is 0.0733. The summed E-state index contributed by atoms with van der Waals surface area (Å²) in [5, 5.41) is 6.24. The molecule has 6 heteroatoms. The maximum absolute atomic E-state index is 12.6. The Bertz CT molecular complexity index is 806. The van der Waals surface area contributed by atoms with E-state index in [0.717, 1.165) is 38.9 Å². The van der Waals surface area contributed by atoms with Crippen LogP contribution in [0.3, 0.4) is 0 Å². The number of amides is 2. The van der Waals surface area contributed by atoms with Crippen molar-refractivity contribution in [3.05, 3.63) is 59.1 Å². The topological polar surface area (TPSA) is 61.4 Å². The van der Waals surface area contributed by atoms with Crippen molar-refractivity contribution in [1.29, 1.82) is 0 Å². The Morgan fingerprint density at radius 1 is 0.931 bits per heavy atom. The van der Waals surface area contributed by atoms with E-state index in [-0.39, 0.29) is 11.8 Å². The number of anilines is 2. The van der Waals surface area contributed by atoms with Crippen LogP contribution in [-0.2, 0) is 4.79 Å². The third-order valence-electron chi connectivity index (χ3n) is 4.80. The van der Waals surface area contributed by atoms with Gasteiger partial charge < -0.3 is 15.5 Å². The van der Waals surface area contributed by atoms with Gasteiger partial charge in [-0.25, -0.2) is 0 Å². The van der Waals surface area contributed by atoms with Crippen LogP contribution in [0.1, 0.15) is 49.9 Å². The Hall–Kier alpha value is -2.37. The summed E-state index contributed by atoms with van der Waals surface area (Å²) in [7, 11) is 0. The molecule has 0 aromatic heterocycles. The van der Waals surface area contributed by atoms with Gasteiger partial charge in [0.05, 0.1) is 11.3 Å². The second-order valence-corrected chi connectivity index (χ2v) is 7.33. The summed E-state index contributed by atoms with van der Waals surface area (Å²) in [6, 6.07) is 14.0. The molecule has 2 rings (SSSR count). The fourth-order valence-corrected chi connectivity index (χ4v) is 3.30. The van der Waals surface area contributed by atoms with Crippen molar-refractivity contribution in [2.24, 2.45) is 0 Å². The van der Waals surface area contributed by atoms with Crippen LogP contribution >= 0.6 is 11.6 Å². The molecule has 0 fully saturated rings. The van der Waals surface area contributed by atoms with E-state index in [1.165, 1.54) is 0 Å². The zero-order valence-electron chi connectivity index (χ0n) is 17.2. The van der Waals surface area contributed by atoms with Crippen molar-refractivity contribution in [3.63, 3.8) is 0 Å². The molecule has 0 aliphatic carbocycles. The van der Waals surface area contributed by atoms with Crippen LogP contribution in [0.15, 0.2) is 48.5 Å². The third-order valence-corrected chi connectivity index (χ3v) is 5.04. The molecule has 0 aliphatic heterocycles. The van der Waals surface area contributed by atoms with Crippen molar-refractivity contribution in [1.82, 2.24) is 4.90 Å². The SMILES string of the molecule is CCN(CC)CCCCCC(=O)Nc1ccccc1C(=O)Nc1cccc(Cl)c1. The minimum atomic E-state index is -0.289. The first-order chi connectivity index (χ1) is 14.0. The summed E-state index contributed by atoms with van der Waals surface area (Å²) in [5.41, 5.74) is 1.54. The van der Waals surface area contributed by atoms with Gasteiger partial charge in [-0.3, -0.25) is 9.59 Å². The van der Waals surface area contributed by atoms with E-state index >= 15 is 0 Å². The molecule has 5 nitrogen and oxygen atoms in total. The van der Waals surface area contributed by atoms with Gasteiger partial charge in [-0.2, -0.15) is 0 Å². The molecule has 156 valence electrons. The van der Waals surface area contributed by atoms with Crippen molar-refractivity contribution < 1.29 is 9.59 Å². The van der Waals surface area contributed by atoms with Crippen molar-refractivity contribution in [2.45, 2.75) is 39.5 Å². The summed E-state index contributed by atoms with van der Waals surface area (Å²) in [4.78, 5) is 27.4. The normalized spacial score (nSPS) is 10.8. The quantitative estimate of drug-likeness (QED) is 0.481. The molecule has 0 atom stereocenters. The lowest BCUT2D eigenvalue weighted by atomic mass is 10.1. The highest BCUT2D eigenvalue weighted by Crippen LogP contribution is 2.20. The van der Waals surface area contributed by atoms with Gasteiger partial charge in [0, 0.05) is 17.1 Å². The molecule has 29 heavy (non-hydrogen) atoms. The monoisotopic (exact) mass is 415 g/mol. The average Bonchev–Trinajstić information content (AvgIpc) is 2.71. The highest BCUT2D eigenvalue weighted by molar-refractivity contribution is 6.31. The second kappa shape index (κ2) is 12.2. The van der Waals surface area contributed by atoms with Gasteiger partial charge in [-0.1, -0.05) is 50.1 Å². The zero-order chi connectivity index (χ0) is 21.1. The van der Waals surface area contributed by atoms with Crippen molar-refractivity contribution in [3.8, 4) is 0 Å². The van der Waals surface area contributed by atoms with Gasteiger partial charge >= 0.3 is 0 Å². The van der Waals surface area contributed by atoms with Crippen molar-refractivity contribution in [2.75, 3.05) is 30.3 Å². The van der Waals surface area contributed by atoms with Gasteiger partial charge in [0.1, 0.15) is 0 Å². The number of benzene rings is 2. The van der Waals surface area contributed by atoms with Crippen LogP contribution in [-0.4, -0.2) is 36.3 Å². The van der Waals surface area contributed by atoms with Crippen LogP contribution in [0.4, 0.5) is 11.4 Å². The number of rotatable bonds is 11. The van der Waals surface area contributed by atoms with E-state index in [9.17, 15) is 9.59 Å². The highest BCUT2D eigenvalue weighted by Gasteiger charge is 2.13. The number of carbonyl (C=O) groups excluding carboxylic acids is 2. The first-order valence-electron chi connectivity index (χ1n) is 10.2. The van der Waals surface area contributed by atoms with Crippen LogP contribution in [0.5, 0.6) is 0 Å². The van der Waals surface area contributed by atoms with E-state index in [2.05, 4.69) is 29.4 Å². The molecule has 2 amide bonds. The maximum Gasteiger partial charge on any atom is 0.257 e. The maximum atomic E-state index is 12.6. The van der Waals surface area contributed by atoms with Gasteiger partial charge in [0.25, 0.3) is 5.91 Å². The lowest BCUT2D eigenvalue weighted by molar-refractivity contribution is -0.116. The molecule has 2 aromatic rings. The molecule has 0 radical (unpaired) electrons. The largest absolute Gasteiger partial charge is 0.325 e. The van der Waals surface area contributed by atoms with E-state index in [0.29, 0.717) is 28.4 Å². The second-order valence-electron chi connectivity index (χ2n) is 6.90. The Balaban J connectivity index is 1.86. The lowest BCUT2D eigenvalue weighted by Crippen LogP contribution is -2.24. The van der Waals surface area contributed by atoms with E-state index in [1.807, 2.05) is 0 Å². The molecule has 2 aromatic carbocycles. The Kier molecular flexibility index (Phi) is 9.68. The van der Waals surface area contributed by atoms with E-state index in [1.54, 1.807) is 48.5 Å². The summed E-state index contributed by atoms with van der Waals surface area (Å²) in [6.07, 6.45) is 3.39. The fraction of sp³-hybridized carbons (Fsp3) is 0.391. The first kappa shape index (κ1) is 22.9. The standard InChI is InChI=1S/C23H30ClN3O2/c1-3-27(4-2)16-9-5-6-15-22(28)26-21-14-8-7-13-20(21)23(29)25-19-12-10-11-18(24)17-19/h7-8,10-14,17H,3-6,9,15-16H2,1-2H3,(H,25,29)(H,26,28). The molecule has 0 saturated heterocycles. The smallest absolute Gasteiger partial charge is 0.257 e. The van der Waals surface area contributed by atoms with Crippen LogP contribution in [0.2, 0.25) is 5.02 Å². The molecular weight excluding hydrogens is 386 g/mol. The summed E-state index contributed by atoms with van der Waals surface area (Å²) in [6.45, 7) is 7.52. The molecule has 0 unspecified atom stereocenters. The van der Waals surface area contributed by atoms with Gasteiger partial charge in [0.15, 0.2) is 0 Å². The zero-order valence-corrected chi connectivity index (χ0v) is 18.0. The number of hydrogen-bond acceptors (Lipinski definition) is 3. The molecule has 0 bridgehead atoms. The Morgan fingerprint density at radius 3 is 2.41 bits per heavy atom. The van der Waals surface area contributed by atoms with E-state index in [4.69, 9.17) is 11.6 Å². The number of nitrogens with one attached hydrogen (secondary N) is 2. The summed E-state index contributed by atoms with van der Waals surface area (Å²) < 4.78 is 0. The number of hydrogen-bond donors (Lipinski definition) is 2. The molecular formula is C23H30ClN3O2. The number of para-hydroxylation sites is 1. The molecule has 0 spiro atoms. The highest BCUT2D eigenvalue weighted by atomic mass is 35.5.